The third kappa shape index (κ3) is 4.66. The molecule has 2 rings (SSSR count). The predicted molar refractivity (Wildman–Crippen MR) is 94.1 cm³/mol. The molecule has 0 radical (unpaired) electrons. The molecule has 1 atom stereocenters. The number of aliphatic hydroxyl groups is 1. The smallest absolute Gasteiger partial charge is 0.261 e. The standard InChI is InChI=1S/C15H18BrN3O3S/c1-10-3-5-12(6-4-10)23(21,22)19-13-7-15(16)17-8-14(13)18-11(2)9-20/h3-8,11,18,20H,9H2,1-2H3,(H,17,19)/t11-/m0/s1. The maximum Gasteiger partial charge on any atom is 0.261 e. The molecule has 0 amide bonds. The molecule has 1 aromatic carbocycles. The maximum atomic E-state index is 12.5. The zero-order valence-corrected chi connectivity index (χ0v) is 15.1. The minimum absolute atomic E-state index is 0.0831. The van der Waals surface area contributed by atoms with Gasteiger partial charge in [-0.2, -0.15) is 0 Å². The van der Waals surface area contributed by atoms with E-state index in [1.165, 1.54) is 6.20 Å². The van der Waals surface area contributed by atoms with Crippen LogP contribution in [0, 0.1) is 6.92 Å². The van der Waals surface area contributed by atoms with Gasteiger partial charge in [-0.25, -0.2) is 13.4 Å². The Labute approximate surface area is 144 Å². The van der Waals surface area contributed by atoms with Crippen molar-refractivity contribution in [2.24, 2.45) is 0 Å². The Kier molecular flexibility index (Phi) is 5.61. The number of nitrogens with zero attached hydrogens (tertiary/aromatic N) is 1. The number of sulfonamides is 1. The van der Waals surface area contributed by atoms with Crippen molar-refractivity contribution < 1.29 is 13.5 Å². The molecule has 1 heterocycles. The fourth-order valence-corrected chi connectivity index (χ4v) is 3.26. The Morgan fingerprint density at radius 2 is 1.91 bits per heavy atom. The molecular weight excluding hydrogens is 382 g/mol. The quantitative estimate of drug-likeness (QED) is 0.649. The van der Waals surface area contributed by atoms with Gasteiger partial charge in [-0.15, -0.1) is 0 Å². The Hall–Kier alpha value is -1.64. The van der Waals surface area contributed by atoms with Gasteiger partial charge < -0.3 is 10.4 Å². The van der Waals surface area contributed by atoms with Crippen LogP contribution in [0.25, 0.3) is 0 Å². The van der Waals surface area contributed by atoms with E-state index in [-0.39, 0.29) is 17.5 Å². The van der Waals surface area contributed by atoms with Crippen LogP contribution in [0.4, 0.5) is 11.4 Å². The van der Waals surface area contributed by atoms with Crippen molar-refractivity contribution in [1.82, 2.24) is 4.98 Å². The number of hydrogen-bond donors (Lipinski definition) is 3. The molecule has 1 aromatic heterocycles. The fraction of sp³-hybridized carbons (Fsp3) is 0.267. The number of aryl methyl sites for hydroxylation is 1. The molecule has 0 aliphatic rings. The molecule has 2 aromatic rings. The van der Waals surface area contributed by atoms with Gasteiger partial charge in [0.1, 0.15) is 4.60 Å². The Morgan fingerprint density at radius 1 is 1.26 bits per heavy atom. The molecule has 0 aliphatic carbocycles. The third-order valence-electron chi connectivity index (χ3n) is 3.12. The average Bonchev–Trinajstić information content (AvgIpc) is 2.50. The molecule has 0 fully saturated rings. The van der Waals surface area contributed by atoms with Gasteiger partial charge in [-0.1, -0.05) is 17.7 Å². The lowest BCUT2D eigenvalue weighted by molar-refractivity contribution is 0.281. The van der Waals surface area contributed by atoms with E-state index >= 15 is 0 Å². The van der Waals surface area contributed by atoms with Gasteiger partial charge in [-0.3, -0.25) is 4.72 Å². The lowest BCUT2D eigenvalue weighted by Gasteiger charge is -2.17. The van der Waals surface area contributed by atoms with Crippen molar-refractivity contribution in [1.29, 1.82) is 0 Å². The molecular formula is C15H18BrN3O3S. The summed E-state index contributed by atoms with van der Waals surface area (Å²) in [7, 11) is -3.71. The fourth-order valence-electron chi connectivity index (χ4n) is 1.86. The van der Waals surface area contributed by atoms with E-state index < -0.39 is 10.0 Å². The molecule has 3 N–H and O–H groups in total. The van der Waals surface area contributed by atoms with Crippen molar-refractivity contribution in [3.05, 3.63) is 46.7 Å². The normalized spacial score (nSPS) is 12.7. The lowest BCUT2D eigenvalue weighted by atomic mass is 10.2. The summed E-state index contributed by atoms with van der Waals surface area (Å²) in [6, 6.07) is 7.92. The summed E-state index contributed by atoms with van der Waals surface area (Å²) in [6.45, 7) is 3.59. The van der Waals surface area contributed by atoms with Gasteiger partial charge in [0.25, 0.3) is 10.0 Å². The van der Waals surface area contributed by atoms with Crippen molar-refractivity contribution in [3.63, 3.8) is 0 Å². The van der Waals surface area contributed by atoms with Gasteiger partial charge in [0.2, 0.25) is 0 Å². The molecule has 0 aliphatic heterocycles. The summed E-state index contributed by atoms with van der Waals surface area (Å²) in [5.74, 6) is 0. The third-order valence-corrected chi connectivity index (χ3v) is 4.94. The van der Waals surface area contributed by atoms with E-state index in [4.69, 9.17) is 5.11 Å². The molecule has 6 nitrogen and oxygen atoms in total. The summed E-state index contributed by atoms with van der Waals surface area (Å²) in [5.41, 5.74) is 1.83. The Bertz CT molecular complexity index is 779. The number of nitrogens with one attached hydrogen (secondary N) is 2. The van der Waals surface area contributed by atoms with Crippen LogP contribution in [-0.4, -0.2) is 31.2 Å². The number of pyridine rings is 1. The number of halogens is 1. The number of anilines is 2. The SMILES string of the molecule is Cc1ccc(S(=O)(=O)Nc2cc(Br)ncc2N[C@@H](C)CO)cc1. The largest absolute Gasteiger partial charge is 0.394 e. The van der Waals surface area contributed by atoms with Gasteiger partial charge in [0, 0.05) is 6.04 Å². The summed E-state index contributed by atoms with van der Waals surface area (Å²) < 4.78 is 28.1. The molecule has 0 spiro atoms. The predicted octanol–water partition coefficient (Wildman–Crippen LogP) is 2.75. The second-order valence-corrected chi connectivity index (χ2v) is 7.69. The average molecular weight is 400 g/mol. The molecule has 0 saturated carbocycles. The van der Waals surface area contributed by atoms with E-state index in [1.807, 2.05) is 6.92 Å². The summed E-state index contributed by atoms with van der Waals surface area (Å²) in [6.07, 6.45) is 1.50. The molecule has 0 bridgehead atoms. The molecule has 8 heteroatoms. The van der Waals surface area contributed by atoms with Crippen LogP contribution >= 0.6 is 15.9 Å². The van der Waals surface area contributed by atoms with Crippen LogP contribution in [0.3, 0.4) is 0 Å². The highest BCUT2D eigenvalue weighted by atomic mass is 79.9. The first-order valence-corrected chi connectivity index (χ1v) is 9.22. The molecule has 0 unspecified atom stereocenters. The first kappa shape index (κ1) is 17.7. The van der Waals surface area contributed by atoms with Crippen molar-refractivity contribution >= 4 is 37.3 Å². The number of rotatable bonds is 6. The minimum Gasteiger partial charge on any atom is -0.394 e. The molecule has 23 heavy (non-hydrogen) atoms. The van der Waals surface area contributed by atoms with Crippen molar-refractivity contribution in [2.45, 2.75) is 24.8 Å². The lowest BCUT2D eigenvalue weighted by Crippen LogP contribution is -2.21. The minimum atomic E-state index is -3.71. The van der Waals surface area contributed by atoms with Gasteiger partial charge in [-0.05, 0) is 48.0 Å². The number of aromatic nitrogens is 1. The summed E-state index contributed by atoms with van der Waals surface area (Å²) in [4.78, 5) is 4.26. The highest BCUT2D eigenvalue weighted by Crippen LogP contribution is 2.27. The van der Waals surface area contributed by atoms with E-state index in [9.17, 15) is 8.42 Å². The van der Waals surface area contributed by atoms with Gasteiger partial charge in [0.15, 0.2) is 0 Å². The van der Waals surface area contributed by atoms with E-state index in [0.29, 0.717) is 16.0 Å². The van der Waals surface area contributed by atoms with Crippen LogP contribution in [0.5, 0.6) is 0 Å². The van der Waals surface area contributed by atoms with Crippen molar-refractivity contribution in [3.8, 4) is 0 Å². The second kappa shape index (κ2) is 7.29. The zero-order chi connectivity index (χ0) is 17.0. The highest BCUT2D eigenvalue weighted by molar-refractivity contribution is 9.10. The van der Waals surface area contributed by atoms with E-state index in [1.54, 1.807) is 37.3 Å². The monoisotopic (exact) mass is 399 g/mol. The number of aliphatic hydroxyl groups excluding tert-OH is 1. The maximum absolute atomic E-state index is 12.5. The van der Waals surface area contributed by atoms with E-state index in [0.717, 1.165) is 5.56 Å². The van der Waals surface area contributed by atoms with Crippen LogP contribution in [0.1, 0.15) is 12.5 Å². The van der Waals surface area contributed by atoms with Crippen LogP contribution in [0.15, 0.2) is 46.0 Å². The van der Waals surface area contributed by atoms with Gasteiger partial charge >= 0.3 is 0 Å². The number of benzene rings is 1. The van der Waals surface area contributed by atoms with Crippen LogP contribution in [0.2, 0.25) is 0 Å². The Balaban J connectivity index is 2.34. The van der Waals surface area contributed by atoms with E-state index in [2.05, 4.69) is 31.0 Å². The highest BCUT2D eigenvalue weighted by Gasteiger charge is 2.17. The molecule has 0 saturated heterocycles. The van der Waals surface area contributed by atoms with Crippen molar-refractivity contribution in [2.75, 3.05) is 16.6 Å². The topological polar surface area (TPSA) is 91.3 Å². The Morgan fingerprint density at radius 3 is 2.52 bits per heavy atom. The van der Waals surface area contributed by atoms with Crippen LogP contribution in [-0.2, 0) is 10.0 Å². The zero-order valence-electron chi connectivity index (χ0n) is 12.7. The number of hydrogen-bond acceptors (Lipinski definition) is 5. The summed E-state index contributed by atoms with van der Waals surface area (Å²) in [5, 5.41) is 12.2. The second-order valence-electron chi connectivity index (χ2n) is 5.20. The molecule has 124 valence electrons. The van der Waals surface area contributed by atoms with Crippen LogP contribution < -0.4 is 10.0 Å². The first-order chi connectivity index (χ1) is 10.8. The summed E-state index contributed by atoms with van der Waals surface area (Å²) >= 11 is 3.23. The first-order valence-electron chi connectivity index (χ1n) is 6.94. The van der Waals surface area contributed by atoms with Gasteiger partial charge in [0.05, 0.1) is 29.1 Å².